The lowest BCUT2D eigenvalue weighted by Crippen LogP contribution is -2.50. The number of hydrogen-bond acceptors (Lipinski definition) is 7. The Morgan fingerprint density at radius 3 is 2.45 bits per heavy atom. The van der Waals surface area contributed by atoms with Gasteiger partial charge in [-0.1, -0.05) is 48.0 Å². The molecule has 0 spiro atoms. The van der Waals surface area contributed by atoms with Gasteiger partial charge in [0.25, 0.3) is 5.91 Å². The second kappa shape index (κ2) is 13.8. The van der Waals surface area contributed by atoms with Crippen LogP contribution < -0.4 is 15.4 Å². The lowest BCUT2D eigenvalue weighted by molar-refractivity contribution is -0.193. The molecule has 2 fully saturated rings. The summed E-state index contributed by atoms with van der Waals surface area (Å²) in [7, 11) is 0. The highest BCUT2D eigenvalue weighted by Gasteiger charge is 2.50. The molecule has 5 aromatic rings. The van der Waals surface area contributed by atoms with E-state index in [4.69, 9.17) is 32.2 Å². The molecule has 5 heterocycles. The summed E-state index contributed by atoms with van der Waals surface area (Å²) in [6.45, 7) is 1.58. The summed E-state index contributed by atoms with van der Waals surface area (Å²) in [5.41, 5.74) is 9.60. The molecule has 53 heavy (non-hydrogen) atoms. The van der Waals surface area contributed by atoms with Crippen molar-refractivity contribution in [2.75, 3.05) is 18.0 Å². The highest BCUT2D eigenvalue weighted by atomic mass is 35.5. The molecule has 0 bridgehead atoms. The van der Waals surface area contributed by atoms with Crippen molar-refractivity contribution in [3.63, 3.8) is 0 Å². The number of amides is 3. The molecule has 0 radical (unpaired) electrons. The predicted molar refractivity (Wildman–Crippen MR) is 193 cm³/mol. The number of aromatic nitrogens is 4. The molecule has 272 valence electrons. The van der Waals surface area contributed by atoms with Crippen LogP contribution in [0.2, 0.25) is 5.02 Å². The summed E-state index contributed by atoms with van der Waals surface area (Å²) < 4.78 is 37.1. The number of pyridine rings is 2. The van der Waals surface area contributed by atoms with E-state index in [1.54, 1.807) is 24.4 Å². The zero-order valence-corrected chi connectivity index (χ0v) is 29.4. The zero-order valence-electron chi connectivity index (χ0n) is 28.7. The summed E-state index contributed by atoms with van der Waals surface area (Å²) in [5, 5.41) is 5.61. The third-order valence-corrected chi connectivity index (χ3v) is 10.5. The molecule has 8 rings (SSSR count). The highest BCUT2D eigenvalue weighted by Crippen LogP contribution is 2.45. The number of carbonyl (C=O) groups excluding carboxylic acids is 3. The first-order chi connectivity index (χ1) is 25.5. The van der Waals surface area contributed by atoms with Gasteiger partial charge in [-0.15, -0.1) is 0 Å². The number of rotatable bonds is 10. The average molecular weight is 740 g/mol. The molecule has 2 aromatic carbocycles. The van der Waals surface area contributed by atoms with Crippen LogP contribution in [0.15, 0.2) is 73.1 Å². The van der Waals surface area contributed by atoms with Crippen LogP contribution >= 0.6 is 11.6 Å². The van der Waals surface area contributed by atoms with E-state index >= 15 is 8.78 Å². The standard InChI is InChI=1S/C39H36ClF2N7O4/c40-27-9-10-28(44-19-27)22-48-31-11-8-26(18-32(31)53-39(41,42)38(48)52)34-29-20-45-49(37(29)46-30(16-24-6-7-24)35(34)36(43)51)21-25-12-14-47(15-13-25)33(50)17-23-4-2-1-3-5-23/h1-5,8-11,18-20,24-25H,6-7,12-17,21-22H2,(H2,43,51). The molecular weight excluding hydrogens is 704 g/mol. The Morgan fingerprint density at radius 1 is 0.981 bits per heavy atom. The van der Waals surface area contributed by atoms with Crippen LogP contribution in [0.25, 0.3) is 22.2 Å². The van der Waals surface area contributed by atoms with Crippen molar-refractivity contribution >= 4 is 46.0 Å². The normalized spacial score (nSPS) is 17.2. The maximum atomic E-state index is 15.1. The van der Waals surface area contributed by atoms with Gasteiger partial charge in [0.1, 0.15) is 0 Å². The fourth-order valence-electron chi connectivity index (χ4n) is 7.31. The van der Waals surface area contributed by atoms with E-state index in [9.17, 15) is 14.4 Å². The van der Waals surface area contributed by atoms with Crippen LogP contribution in [0.1, 0.15) is 53.0 Å². The third-order valence-electron chi connectivity index (χ3n) is 10.3. The minimum absolute atomic E-state index is 0.107. The summed E-state index contributed by atoms with van der Waals surface area (Å²) in [6, 6.07) is 17.4. The van der Waals surface area contributed by atoms with E-state index in [0.717, 1.165) is 36.1 Å². The number of carbonyl (C=O) groups is 3. The van der Waals surface area contributed by atoms with Crippen LogP contribution in [-0.2, 0) is 35.5 Å². The van der Waals surface area contributed by atoms with E-state index in [1.165, 1.54) is 18.3 Å². The number of alkyl halides is 2. The van der Waals surface area contributed by atoms with Gasteiger partial charge in [0, 0.05) is 36.8 Å². The molecule has 0 atom stereocenters. The number of benzene rings is 2. The number of nitrogens with zero attached hydrogens (tertiary/aromatic N) is 6. The van der Waals surface area contributed by atoms with Gasteiger partial charge in [-0.3, -0.25) is 24.3 Å². The van der Waals surface area contributed by atoms with Gasteiger partial charge in [0.2, 0.25) is 5.91 Å². The molecule has 1 aliphatic carbocycles. The number of anilines is 1. The first-order valence-electron chi connectivity index (χ1n) is 17.7. The van der Waals surface area contributed by atoms with Crippen LogP contribution in [0.5, 0.6) is 5.75 Å². The number of fused-ring (bicyclic) bond motifs is 2. The van der Waals surface area contributed by atoms with Crippen LogP contribution in [0.4, 0.5) is 14.5 Å². The summed E-state index contributed by atoms with van der Waals surface area (Å²) in [4.78, 5) is 51.1. The Balaban J connectivity index is 1.12. The van der Waals surface area contributed by atoms with Crippen molar-refractivity contribution in [2.24, 2.45) is 17.6 Å². The fourth-order valence-corrected chi connectivity index (χ4v) is 7.42. The monoisotopic (exact) mass is 739 g/mol. The quantitative estimate of drug-likeness (QED) is 0.180. The van der Waals surface area contributed by atoms with Crippen molar-refractivity contribution in [2.45, 2.75) is 57.7 Å². The summed E-state index contributed by atoms with van der Waals surface area (Å²) >= 11 is 5.95. The van der Waals surface area contributed by atoms with Crippen molar-refractivity contribution in [3.05, 3.63) is 101 Å². The Labute approximate surface area is 308 Å². The second-order valence-corrected chi connectivity index (χ2v) is 14.5. The van der Waals surface area contributed by atoms with Gasteiger partial charge in [-0.25, -0.2) is 9.67 Å². The van der Waals surface area contributed by atoms with Crippen molar-refractivity contribution in [3.8, 4) is 16.9 Å². The van der Waals surface area contributed by atoms with E-state index in [-0.39, 0.29) is 35.4 Å². The zero-order chi connectivity index (χ0) is 36.9. The molecule has 3 aliphatic rings. The van der Waals surface area contributed by atoms with Crippen LogP contribution in [0.3, 0.4) is 0 Å². The minimum atomic E-state index is -4.15. The number of halogens is 3. The van der Waals surface area contributed by atoms with Crippen molar-refractivity contribution in [1.82, 2.24) is 24.6 Å². The Kier molecular flexibility index (Phi) is 9.05. The maximum Gasteiger partial charge on any atom is 0.482 e. The number of hydrogen-bond donors (Lipinski definition) is 1. The molecular formula is C39H36ClF2N7O4. The third kappa shape index (κ3) is 7.05. The molecule has 1 saturated heterocycles. The van der Waals surface area contributed by atoms with Crippen molar-refractivity contribution in [1.29, 1.82) is 0 Å². The van der Waals surface area contributed by atoms with Crippen LogP contribution in [0, 0.1) is 11.8 Å². The van der Waals surface area contributed by atoms with E-state index in [2.05, 4.69) is 4.98 Å². The minimum Gasteiger partial charge on any atom is -0.423 e. The van der Waals surface area contributed by atoms with E-state index in [1.807, 2.05) is 39.9 Å². The molecule has 2 N–H and O–H groups in total. The SMILES string of the molecule is NC(=O)c1c(CC2CC2)nc2c(cnn2CC2CCN(C(=O)Cc3ccccc3)CC2)c1-c1ccc2c(c1)OC(F)(F)C(=O)N2Cc1ccc(Cl)cn1. The summed E-state index contributed by atoms with van der Waals surface area (Å²) in [6.07, 6.45) is 3.34. The topological polar surface area (TPSA) is 137 Å². The van der Waals surface area contributed by atoms with Gasteiger partial charge >= 0.3 is 12.0 Å². The van der Waals surface area contributed by atoms with E-state index < -0.39 is 17.9 Å². The summed E-state index contributed by atoms with van der Waals surface area (Å²) in [5.74, 6) is -1.78. The lowest BCUT2D eigenvalue weighted by atomic mass is 9.93. The predicted octanol–water partition coefficient (Wildman–Crippen LogP) is 6.20. The molecule has 1 saturated carbocycles. The lowest BCUT2D eigenvalue weighted by Gasteiger charge is -2.33. The fraction of sp³-hybridized carbons (Fsp3) is 0.333. The van der Waals surface area contributed by atoms with E-state index in [0.29, 0.717) is 77.0 Å². The first-order valence-corrected chi connectivity index (χ1v) is 18.1. The molecule has 14 heteroatoms. The van der Waals surface area contributed by atoms with Crippen LogP contribution in [-0.4, -0.2) is 61.6 Å². The average Bonchev–Trinajstić information content (AvgIpc) is 3.88. The second-order valence-electron chi connectivity index (χ2n) is 14.0. The molecule has 11 nitrogen and oxygen atoms in total. The van der Waals surface area contributed by atoms with Gasteiger partial charge in [0.15, 0.2) is 11.4 Å². The van der Waals surface area contributed by atoms with Gasteiger partial charge in [-0.2, -0.15) is 13.9 Å². The number of likely N-dealkylation sites (tertiary alicyclic amines) is 1. The number of piperidine rings is 1. The number of ether oxygens (including phenoxy) is 1. The highest BCUT2D eigenvalue weighted by molar-refractivity contribution is 6.30. The Hall–Kier alpha value is -5.43. The largest absolute Gasteiger partial charge is 0.482 e. The van der Waals surface area contributed by atoms with Gasteiger partial charge in [-0.05, 0) is 79.3 Å². The molecule has 0 unspecified atom stereocenters. The molecule has 3 aromatic heterocycles. The Morgan fingerprint density at radius 2 is 1.75 bits per heavy atom. The maximum absolute atomic E-state index is 15.1. The number of nitrogens with two attached hydrogens (primary N) is 1. The van der Waals surface area contributed by atoms with Crippen molar-refractivity contribution < 1.29 is 27.9 Å². The van der Waals surface area contributed by atoms with Gasteiger partial charge in [0.05, 0.1) is 46.8 Å². The molecule has 2 aliphatic heterocycles. The first kappa shape index (κ1) is 34.6. The molecule has 3 amide bonds. The smallest absolute Gasteiger partial charge is 0.423 e. The number of primary amides is 1. The van der Waals surface area contributed by atoms with Gasteiger partial charge < -0.3 is 15.4 Å². The Bertz CT molecular complexity index is 2220.